The van der Waals surface area contributed by atoms with E-state index in [2.05, 4.69) is 121 Å². The van der Waals surface area contributed by atoms with Crippen molar-refractivity contribution in [3.8, 4) is 0 Å². The Morgan fingerprint density at radius 3 is 1.21 bits per heavy atom. The van der Waals surface area contributed by atoms with Crippen molar-refractivity contribution in [2.45, 2.75) is 25.8 Å². The van der Waals surface area contributed by atoms with Gasteiger partial charge in [0.1, 0.15) is 0 Å². The molecule has 10 heteroatoms. The fourth-order valence-corrected chi connectivity index (χ4v) is 146. The molecule has 0 saturated heterocycles. The lowest BCUT2D eigenvalue weighted by molar-refractivity contribution is 0.870. The number of rotatable bonds is 4. The van der Waals surface area contributed by atoms with E-state index in [1.807, 2.05) is 0 Å². The smallest absolute Gasteiger partial charge is 0.126 e. The maximum absolute atomic E-state index is 4.03. The van der Waals surface area contributed by atoms with E-state index in [4.69, 9.17) is 0 Å². The summed E-state index contributed by atoms with van der Waals surface area (Å²) >= 11 is 26.9. The van der Waals surface area contributed by atoms with Gasteiger partial charge in [0.2, 0.25) is 0 Å². The molecule has 0 aromatic carbocycles. The summed E-state index contributed by atoms with van der Waals surface area (Å²) < 4.78 is -3.43. The van der Waals surface area contributed by atoms with Crippen LogP contribution in [0.1, 0.15) is 20.3 Å². The summed E-state index contributed by atoms with van der Waals surface area (Å²) in [5, 5.41) is 0. The molecule has 0 aliphatic carbocycles. The molecular weight excluding hydrogens is 692 g/mol. The molecule has 0 amide bonds. The largest absolute Gasteiger partial charge is 0.267 e. The third-order valence-corrected chi connectivity index (χ3v) is 116. The Morgan fingerprint density at radius 1 is 0.857 bits per heavy atom. The average Bonchev–Trinajstić information content (AvgIpc) is 1.97. The molecule has 0 spiro atoms. The van der Waals surface area contributed by atoms with Crippen LogP contribution in [0.4, 0.5) is 0 Å². The van der Waals surface area contributed by atoms with E-state index in [9.17, 15) is 0 Å². The lowest BCUT2D eigenvalue weighted by atomic mass is 10.4. The van der Waals surface area contributed by atoms with Crippen molar-refractivity contribution in [1.82, 2.24) is 0 Å². The van der Waals surface area contributed by atoms with Gasteiger partial charge in [0, 0.05) is 0 Å². The van der Waals surface area contributed by atoms with Crippen LogP contribution in [-0.4, -0.2) is 12.6 Å². The van der Waals surface area contributed by atoms with Gasteiger partial charge in [-0.2, -0.15) is 0 Å². The average molecular weight is 701 g/mol. The Labute approximate surface area is 143 Å². The van der Waals surface area contributed by atoms with Crippen LogP contribution in [0.3, 0.4) is 0 Å². The Kier molecular flexibility index (Phi) is 8.29. The molecule has 1 atom stereocenters. The van der Waals surface area contributed by atoms with Crippen LogP contribution in [-0.2, 0) is 0 Å². The summed E-state index contributed by atoms with van der Waals surface area (Å²) in [6.45, 7) is 4.53. The molecule has 0 saturated carbocycles. The molecule has 0 aliphatic heterocycles. The fourth-order valence-electron chi connectivity index (χ4n) is 1.00. The molecule has 0 N–H and O–H groups in total. The number of hydrogen-bond donors (Lipinski definition) is 0. The van der Waals surface area contributed by atoms with E-state index in [0.29, 0.717) is 5.54 Å². The minimum atomic E-state index is -1.72. The highest BCUT2D eigenvalue weighted by molar-refractivity contribution is 9.83. The third-order valence-electron chi connectivity index (χ3n) is 2.12. The van der Waals surface area contributed by atoms with Crippen molar-refractivity contribution >= 4 is 120 Å². The summed E-state index contributed by atoms with van der Waals surface area (Å²) in [4.78, 5) is 0. The molecule has 0 rings (SSSR count). The zero-order valence-electron chi connectivity index (χ0n) is 7.43. The van der Waals surface area contributed by atoms with Crippen molar-refractivity contribution < 1.29 is 0 Å². The van der Waals surface area contributed by atoms with Gasteiger partial charge in [0.05, 0.1) is 0 Å². The topological polar surface area (TPSA) is 0 Å². The van der Waals surface area contributed by atoms with Gasteiger partial charge < -0.3 is 0 Å². The zero-order chi connectivity index (χ0) is 11.8. The Balaban J connectivity index is 5.29. The molecule has 0 heterocycles. The maximum atomic E-state index is 4.03. The first-order chi connectivity index (χ1) is 5.98. The van der Waals surface area contributed by atoms with Crippen LogP contribution in [0, 0.1) is 0 Å². The van der Waals surface area contributed by atoms with Gasteiger partial charge in [0.15, 0.2) is 5.73 Å². The predicted octanol–water partition coefficient (Wildman–Crippen LogP) is 6.53. The van der Waals surface area contributed by atoms with Crippen LogP contribution in [0.5, 0.6) is 0 Å². The molecule has 0 nitrogen and oxygen atoms in total. The molecule has 0 aliphatic rings. The standard InChI is InChI=1S/C4H9Br7Si3/c1-3-4(2)12(5,13(6,7)8)14(9,10)11/h4H,3H2,1-2H3. The molecule has 1 unspecified atom stereocenters. The van der Waals surface area contributed by atoms with E-state index in [1.165, 1.54) is 6.42 Å². The summed E-state index contributed by atoms with van der Waals surface area (Å²) in [7, 11) is 0. The molecule has 0 bridgehead atoms. The third kappa shape index (κ3) is 4.01. The maximum Gasteiger partial charge on any atom is 0.267 e. The van der Waals surface area contributed by atoms with Gasteiger partial charge in [-0.15, -0.1) is 15.3 Å². The van der Waals surface area contributed by atoms with Gasteiger partial charge in [-0.25, -0.2) is 0 Å². The lowest BCUT2D eigenvalue weighted by Gasteiger charge is -2.40. The quantitative estimate of drug-likeness (QED) is 0.231. The molecular formula is C4H9Br7Si3. The van der Waals surface area contributed by atoms with Crippen LogP contribution in [0.15, 0.2) is 0 Å². The Hall–Kier alpha value is 4.01. The van der Waals surface area contributed by atoms with Gasteiger partial charge in [0.25, 0.3) is 6.90 Å². The molecule has 0 fully saturated rings. The van der Waals surface area contributed by atoms with Crippen molar-refractivity contribution in [1.29, 1.82) is 0 Å². The predicted molar refractivity (Wildman–Crippen MR) is 99.5 cm³/mol. The van der Waals surface area contributed by atoms with Crippen LogP contribution < -0.4 is 0 Å². The second-order valence-corrected chi connectivity index (χ2v) is 80.0. The zero-order valence-corrected chi connectivity index (χ0v) is 21.5. The summed E-state index contributed by atoms with van der Waals surface area (Å²) in [6.07, 6.45) is 1.17. The first-order valence-electron chi connectivity index (χ1n) is 3.80. The van der Waals surface area contributed by atoms with E-state index in [1.54, 1.807) is 0 Å². The van der Waals surface area contributed by atoms with Crippen molar-refractivity contribution in [2.24, 2.45) is 0 Å². The van der Waals surface area contributed by atoms with E-state index in [0.717, 1.165) is 0 Å². The Morgan fingerprint density at radius 2 is 1.14 bits per heavy atom. The first-order valence-corrected chi connectivity index (χ1v) is 27.7. The monoisotopic (exact) mass is 693 g/mol. The highest BCUT2D eigenvalue weighted by Crippen LogP contribution is 2.57. The highest BCUT2D eigenvalue weighted by atomic mass is 80.0. The first kappa shape index (κ1) is 18.0. The van der Waals surface area contributed by atoms with Crippen molar-refractivity contribution in [2.75, 3.05) is 0 Å². The van der Waals surface area contributed by atoms with Crippen LogP contribution in [0.25, 0.3) is 0 Å². The fraction of sp³-hybridized carbons (Fsp3) is 1.00. The lowest BCUT2D eigenvalue weighted by Crippen LogP contribution is -2.62. The number of hydrogen-bond acceptors (Lipinski definition) is 0. The molecule has 14 heavy (non-hydrogen) atoms. The minimum absolute atomic E-state index is 0.664. The summed E-state index contributed by atoms with van der Waals surface area (Å²) in [5.74, 6) is 0. The summed E-state index contributed by atoms with van der Waals surface area (Å²) in [6, 6.07) is 0. The van der Waals surface area contributed by atoms with Gasteiger partial charge in [-0.3, -0.25) is 0 Å². The van der Waals surface area contributed by atoms with E-state index in [-0.39, 0.29) is 0 Å². The van der Waals surface area contributed by atoms with Gasteiger partial charge in [-0.05, 0) is 5.54 Å². The second-order valence-electron chi connectivity index (χ2n) is 3.02. The summed E-state index contributed by atoms with van der Waals surface area (Å²) in [5.41, 5.74) is -1.00. The van der Waals surface area contributed by atoms with Crippen LogP contribution >= 0.6 is 107 Å². The van der Waals surface area contributed by atoms with Gasteiger partial charge in [-0.1, -0.05) is 112 Å². The van der Waals surface area contributed by atoms with E-state index < -0.39 is 12.6 Å². The number of halogens is 7. The van der Waals surface area contributed by atoms with Gasteiger partial charge >= 0.3 is 0 Å². The highest BCUT2D eigenvalue weighted by Gasteiger charge is 2.65. The Bertz CT molecular complexity index is 182. The van der Waals surface area contributed by atoms with Crippen molar-refractivity contribution in [3.63, 3.8) is 0 Å². The molecule has 0 aromatic rings. The minimum Gasteiger partial charge on any atom is -0.126 e. The van der Waals surface area contributed by atoms with E-state index >= 15 is 0 Å². The molecule has 0 radical (unpaired) electrons. The van der Waals surface area contributed by atoms with Crippen molar-refractivity contribution in [3.05, 3.63) is 0 Å². The SMILES string of the molecule is CCC(C)[Si](Br)([Si](Br)(Br)Br)[Si](Br)(Br)Br. The molecule has 0 aromatic heterocycles. The van der Waals surface area contributed by atoms with Crippen LogP contribution in [0.2, 0.25) is 5.54 Å². The normalized spacial score (nSPS) is 16.9. The second kappa shape index (κ2) is 6.45. The molecule has 86 valence electrons.